The molecule has 0 atom stereocenters. The summed E-state index contributed by atoms with van der Waals surface area (Å²) in [6.45, 7) is 3.95. The lowest BCUT2D eigenvalue weighted by molar-refractivity contribution is -0.115. The molecule has 8 heteroatoms. The molecule has 0 unspecified atom stereocenters. The van der Waals surface area contributed by atoms with Gasteiger partial charge in [0.15, 0.2) is 0 Å². The molecule has 0 saturated carbocycles. The van der Waals surface area contributed by atoms with Gasteiger partial charge in [-0.05, 0) is 55.5 Å². The minimum absolute atomic E-state index is 0.0216. The van der Waals surface area contributed by atoms with E-state index in [0.29, 0.717) is 21.3 Å². The zero-order valence-corrected chi connectivity index (χ0v) is 19.2. The molecule has 0 spiro atoms. The van der Waals surface area contributed by atoms with Crippen molar-refractivity contribution in [1.82, 2.24) is 4.98 Å². The van der Waals surface area contributed by atoms with Crippen LogP contribution in [0.15, 0.2) is 46.7 Å². The van der Waals surface area contributed by atoms with Crippen LogP contribution < -0.4 is 5.32 Å². The average Bonchev–Trinajstić information content (AvgIpc) is 3.16. The third-order valence-corrected chi connectivity index (χ3v) is 6.28. The van der Waals surface area contributed by atoms with Crippen LogP contribution in [0.5, 0.6) is 0 Å². The zero-order chi connectivity index (χ0) is 21.7. The number of hydrogen-bond acceptors (Lipinski definition) is 6. The summed E-state index contributed by atoms with van der Waals surface area (Å²) in [4.78, 5) is 30.0. The maximum absolute atomic E-state index is 12.4. The van der Waals surface area contributed by atoms with Crippen LogP contribution in [0, 0.1) is 13.8 Å². The van der Waals surface area contributed by atoms with Crippen molar-refractivity contribution in [1.29, 1.82) is 0 Å². The molecular weight excluding hydrogens is 440 g/mol. The predicted molar refractivity (Wildman–Crippen MR) is 123 cm³/mol. The highest BCUT2D eigenvalue weighted by molar-refractivity contribution is 7.98. The predicted octanol–water partition coefficient (Wildman–Crippen LogP) is 5.67. The Bertz CT molecular complexity index is 1080. The summed E-state index contributed by atoms with van der Waals surface area (Å²) in [6.07, 6.45) is 2.08. The molecule has 5 nitrogen and oxygen atoms in total. The number of nitrogens with one attached hydrogen (secondary N) is 1. The van der Waals surface area contributed by atoms with Crippen LogP contribution in [0.2, 0.25) is 5.02 Å². The maximum atomic E-state index is 12.4. The Kier molecular flexibility index (Phi) is 7.53. The summed E-state index contributed by atoms with van der Waals surface area (Å²) in [5.41, 5.74) is 3.81. The quantitative estimate of drug-likeness (QED) is 0.363. The molecule has 0 saturated heterocycles. The molecule has 0 aliphatic carbocycles. The molecule has 2 aromatic carbocycles. The molecule has 30 heavy (non-hydrogen) atoms. The van der Waals surface area contributed by atoms with E-state index in [4.69, 9.17) is 16.3 Å². The summed E-state index contributed by atoms with van der Waals surface area (Å²) in [5, 5.41) is 5.71. The largest absolute Gasteiger partial charge is 0.456 e. The first kappa shape index (κ1) is 22.3. The third kappa shape index (κ3) is 5.84. The van der Waals surface area contributed by atoms with E-state index in [0.717, 1.165) is 21.7 Å². The van der Waals surface area contributed by atoms with Crippen LogP contribution in [0.1, 0.15) is 32.2 Å². The Morgan fingerprint density at radius 3 is 2.77 bits per heavy atom. The molecule has 0 radical (unpaired) electrons. The first-order valence-corrected chi connectivity index (χ1v) is 11.6. The van der Waals surface area contributed by atoms with Gasteiger partial charge < -0.3 is 10.1 Å². The fraction of sp³-hybridized carbons (Fsp3) is 0.227. The van der Waals surface area contributed by atoms with Gasteiger partial charge >= 0.3 is 5.97 Å². The number of halogens is 1. The molecular formula is C22H21ClN2O3S2. The monoisotopic (exact) mass is 460 g/mol. The van der Waals surface area contributed by atoms with E-state index in [2.05, 4.69) is 10.3 Å². The highest BCUT2D eigenvalue weighted by Gasteiger charge is 2.15. The van der Waals surface area contributed by atoms with Crippen LogP contribution >= 0.6 is 34.7 Å². The maximum Gasteiger partial charge on any atom is 0.340 e. The molecule has 1 amide bonds. The normalized spacial score (nSPS) is 10.7. The van der Waals surface area contributed by atoms with Gasteiger partial charge in [-0.15, -0.1) is 23.1 Å². The molecule has 0 aliphatic heterocycles. The van der Waals surface area contributed by atoms with Crippen molar-refractivity contribution >= 4 is 52.3 Å². The van der Waals surface area contributed by atoms with Gasteiger partial charge in [-0.3, -0.25) is 4.79 Å². The topological polar surface area (TPSA) is 68.3 Å². The van der Waals surface area contributed by atoms with Gasteiger partial charge in [-0.25, -0.2) is 9.78 Å². The summed E-state index contributed by atoms with van der Waals surface area (Å²) >= 11 is 8.99. The number of thioether (sulfide) groups is 1. The van der Waals surface area contributed by atoms with E-state index < -0.39 is 5.97 Å². The lowest BCUT2D eigenvalue weighted by Gasteiger charge is -2.08. The van der Waals surface area contributed by atoms with Crippen molar-refractivity contribution < 1.29 is 14.3 Å². The van der Waals surface area contributed by atoms with Crippen LogP contribution in [0.3, 0.4) is 0 Å². The van der Waals surface area contributed by atoms with Crippen LogP contribution in [0.25, 0.3) is 0 Å². The van der Waals surface area contributed by atoms with Crippen molar-refractivity contribution in [2.45, 2.75) is 31.8 Å². The second-order valence-electron chi connectivity index (χ2n) is 6.70. The summed E-state index contributed by atoms with van der Waals surface area (Å²) in [7, 11) is 0. The van der Waals surface area contributed by atoms with E-state index >= 15 is 0 Å². The van der Waals surface area contributed by atoms with Crippen molar-refractivity contribution in [2.75, 3.05) is 11.6 Å². The highest BCUT2D eigenvalue weighted by Crippen LogP contribution is 2.24. The Morgan fingerprint density at radius 2 is 2.00 bits per heavy atom. The van der Waals surface area contributed by atoms with Crippen LogP contribution in [-0.2, 0) is 22.6 Å². The van der Waals surface area contributed by atoms with Gasteiger partial charge in [0.05, 0.1) is 22.7 Å². The highest BCUT2D eigenvalue weighted by atomic mass is 35.5. The molecule has 1 heterocycles. The number of aryl methyl sites for hydroxylation is 2. The number of benzene rings is 2. The second kappa shape index (κ2) is 10.1. The summed E-state index contributed by atoms with van der Waals surface area (Å²) in [5.74, 6) is -0.639. The number of carbonyl (C=O) groups is 2. The molecule has 3 rings (SSSR count). The van der Waals surface area contributed by atoms with Crippen molar-refractivity contribution in [2.24, 2.45) is 0 Å². The first-order chi connectivity index (χ1) is 14.4. The number of aromatic nitrogens is 1. The Hall–Kier alpha value is -2.35. The minimum atomic E-state index is -0.502. The molecule has 0 bridgehead atoms. The van der Waals surface area contributed by atoms with Gasteiger partial charge in [0.2, 0.25) is 5.91 Å². The van der Waals surface area contributed by atoms with Crippen LogP contribution in [-0.4, -0.2) is 23.1 Å². The number of thiazole rings is 1. The molecule has 0 aliphatic rings. The van der Waals surface area contributed by atoms with E-state index in [1.807, 2.05) is 44.4 Å². The smallest absolute Gasteiger partial charge is 0.340 e. The number of nitrogens with zero attached hydrogens (tertiary/aromatic N) is 1. The zero-order valence-electron chi connectivity index (χ0n) is 16.8. The standard InChI is InChI=1S/C22H21ClN2O3S2/c1-13-4-5-14(2)19(8-13)25-20(26)10-21-24-15(12-30-21)11-28-22(27)17-9-16(29-3)6-7-18(17)23/h4-9,12H,10-11H2,1-3H3,(H,25,26). The Balaban J connectivity index is 1.57. The summed E-state index contributed by atoms with van der Waals surface area (Å²) in [6, 6.07) is 11.2. The number of rotatable bonds is 7. The molecule has 0 fully saturated rings. The van der Waals surface area contributed by atoms with Gasteiger partial charge in [0, 0.05) is 16.0 Å². The SMILES string of the molecule is CSc1ccc(Cl)c(C(=O)OCc2csc(CC(=O)Nc3cc(C)ccc3C)n2)c1. The van der Waals surface area contributed by atoms with Gasteiger partial charge in [0.1, 0.15) is 11.6 Å². The average molecular weight is 461 g/mol. The van der Waals surface area contributed by atoms with Crippen molar-refractivity contribution in [3.05, 3.63) is 74.2 Å². The Morgan fingerprint density at radius 1 is 1.20 bits per heavy atom. The lowest BCUT2D eigenvalue weighted by atomic mass is 10.1. The number of hydrogen-bond donors (Lipinski definition) is 1. The molecule has 3 aromatic rings. The van der Waals surface area contributed by atoms with Gasteiger partial charge in [-0.2, -0.15) is 0 Å². The van der Waals surface area contributed by atoms with E-state index in [9.17, 15) is 9.59 Å². The van der Waals surface area contributed by atoms with Crippen LogP contribution in [0.4, 0.5) is 5.69 Å². The molecule has 1 aromatic heterocycles. The fourth-order valence-corrected chi connectivity index (χ4v) is 4.12. The van der Waals surface area contributed by atoms with Gasteiger partial charge in [0.25, 0.3) is 0 Å². The van der Waals surface area contributed by atoms with E-state index in [1.54, 1.807) is 17.5 Å². The Labute approximate surface area is 188 Å². The number of amides is 1. The fourth-order valence-electron chi connectivity index (χ4n) is 2.70. The minimum Gasteiger partial charge on any atom is -0.456 e. The molecule has 1 N–H and O–H groups in total. The van der Waals surface area contributed by atoms with Gasteiger partial charge in [-0.1, -0.05) is 23.7 Å². The van der Waals surface area contributed by atoms with E-state index in [-0.39, 0.29) is 18.9 Å². The van der Waals surface area contributed by atoms with Crippen molar-refractivity contribution in [3.63, 3.8) is 0 Å². The number of carbonyl (C=O) groups excluding carboxylic acids is 2. The molecule has 156 valence electrons. The number of anilines is 1. The summed E-state index contributed by atoms with van der Waals surface area (Å²) < 4.78 is 5.35. The number of esters is 1. The number of ether oxygens (including phenoxy) is 1. The second-order valence-corrected chi connectivity index (χ2v) is 8.93. The first-order valence-electron chi connectivity index (χ1n) is 9.16. The lowest BCUT2D eigenvalue weighted by Crippen LogP contribution is -2.15. The van der Waals surface area contributed by atoms with Crippen molar-refractivity contribution in [3.8, 4) is 0 Å². The third-order valence-electron chi connectivity index (χ3n) is 4.32. The van der Waals surface area contributed by atoms with E-state index in [1.165, 1.54) is 23.1 Å².